The molecule has 0 radical (unpaired) electrons. The van der Waals surface area contributed by atoms with Gasteiger partial charge in [0.15, 0.2) is 0 Å². The van der Waals surface area contributed by atoms with Crippen LogP contribution in [0.25, 0.3) is 11.3 Å². The van der Waals surface area contributed by atoms with Gasteiger partial charge in [0, 0.05) is 24.8 Å². The standard InChI is InChI=1S/C19H22N4O4S2/c1-23(29(26,27)18-11-5-10-17(14-18)28(20,24)25)12-6-9-16-13-19(22-21-16)15-7-3-2-4-8-15/h2-5,7-8,10-11,13-14H,6,9,12H2,1H3,(H,21,22)(H2,20,24,25). The fourth-order valence-corrected chi connectivity index (χ4v) is 4.74. The minimum absolute atomic E-state index is 0.112. The van der Waals surface area contributed by atoms with E-state index in [9.17, 15) is 16.8 Å². The summed E-state index contributed by atoms with van der Waals surface area (Å²) in [5.74, 6) is 0. The van der Waals surface area contributed by atoms with E-state index in [1.54, 1.807) is 0 Å². The zero-order valence-electron chi connectivity index (χ0n) is 15.8. The summed E-state index contributed by atoms with van der Waals surface area (Å²) >= 11 is 0. The molecule has 2 aromatic carbocycles. The number of aromatic amines is 1. The first-order chi connectivity index (χ1) is 13.7. The van der Waals surface area contributed by atoms with Crippen LogP contribution in [0.5, 0.6) is 0 Å². The zero-order valence-corrected chi connectivity index (χ0v) is 17.4. The van der Waals surface area contributed by atoms with Crippen molar-refractivity contribution in [3.8, 4) is 11.3 Å². The van der Waals surface area contributed by atoms with Gasteiger partial charge in [-0.25, -0.2) is 26.3 Å². The molecule has 10 heteroatoms. The third-order valence-electron chi connectivity index (χ3n) is 4.46. The van der Waals surface area contributed by atoms with E-state index < -0.39 is 20.0 Å². The molecule has 0 aliphatic heterocycles. The number of hydrogen-bond donors (Lipinski definition) is 2. The number of nitrogens with one attached hydrogen (secondary N) is 1. The highest BCUT2D eigenvalue weighted by Crippen LogP contribution is 2.20. The van der Waals surface area contributed by atoms with Crippen LogP contribution in [0, 0.1) is 0 Å². The molecular formula is C19H22N4O4S2. The molecule has 3 rings (SSSR count). The molecule has 8 nitrogen and oxygen atoms in total. The molecule has 29 heavy (non-hydrogen) atoms. The Hall–Kier alpha value is -2.53. The molecule has 0 amide bonds. The number of H-pyrrole nitrogens is 1. The van der Waals surface area contributed by atoms with Gasteiger partial charge in [-0.05, 0) is 37.1 Å². The van der Waals surface area contributed by atoms with Crippen molar-refractivity contribution in [2.75, 3.05) is 13.6 Å². The summed E-state index contributed by atoms with van der Waals surface area (Å²) in [6.45, 7) is 0.266. The molecule has 0 aliphatic rings. The van der Waals surface area contributed by atoms with E-state index in [4.69, 9.17) is 5.14 Å². The average Bonchev–Trinajstić information content (AvgIpc) is 3.17. The van der Waals surface area contributed by atoms with Crippen molar-refractivity contribution in [1.29, 1.82) is 0 Å². The Bertz CT molecular complexity index is 1190. The van der Waals surface area contributed by atoms with Gasteiger partial charge < -0.3 is 0 Å². The third-order valence-corrected chi connectivity index (χ3v) is 7.23. The van der Waals surface area contributed by atoms with Crippen molar-refractivity contribution in [2.24, 2.45) is 5.14 Å². The van der Waals surface area contributed by atoms with E-state index in [2.05, 4.69) is 10.2 Å². The van der Waals surface area contributed by atoms with Crippen molar-refractivity contribution in [1.82, 2.24) is 14.5 Å². The molecule has 0 unspecified atom stereocenters. The van der Waals surface area contributed by atoms with Crippen LogP contribution in [0.1, 0.15) is 12.1 Å². The largest absolute Gasteiger partial charge is 0.282 e. The Labute approximate surface area is 170 Å². The fraction of sp³-hybridized carbons (Fsp3) is 0.211. The molecule has 0 saturated carbocycles. The van der Waals surface area contributed by atoms with Gasteiger partial charge in [-0.1, -0.05) is 36.4 Å². The smallest absolute Gasteiger partial charge is 0.242 e. The molecule has 0 saturated heterocycles. The predicted molar refractivity (Wildman–Crippen MR) is 110 cm³/mol. The van der Waals surface area contributed by atoms with Gasteiger partial charge in [-0.15, -0.1) is 0 Å². The van der Waals surface area contributed by atoms with Gasteiger partial charge in [0.2, 0.25) is 20.0 Å². The second-order valence-corrected chi connectivity index (χ2v) is 10.2. The minimum Gasteiger partial charge on any atom is -0.282 e. The lowest BCUT2D eigenvalue weighted by Crippen LogP contribution is -2.28. The molecule has 154 valence electrons. The van der Waals surface area contributed by atoms with Crippen molar-refractivity contribution in [3.63, 3.8) is 0 Å². The summed E-state index contributed by atoms with van der Waals surface area (Å²) in [7, 11) is -6.35. The van der Waals surface area contributed by atoms with Gasteiger partial charge >= 0.3 is 0 Å². The summed E-state index contributed by atoms with van der Waals surface area (Å²) in [5, 5.41) is 12.3. The number of nitrogens with zero attached hydrogens (tertiary/aromatic N) is 2. The van der Waals surface area contributed by atoms with Gasteiger partial charge in [-0.3, -0.25) is 5.10 Å². The molecule has 1 heterocycles. The fourth-order valence-electron chi connectivity index (χ4n) is 2.85. The van der Waals surface area contributed by atoms with Crippen molar-refractivity contribution in [3.05, 3.63) is 66.4 Å². The molecule has 0 fully saturated rings. The van der Waals surface area contributed by atoms with Crippen LogP contribution in [0.2, 0.25) is 0 Å². The van der Waals surface area contributed by atoms with Gasteiger partial charge in [0.05, 0.1) is 15.5 Å². The number of primary sulfonamides is 1. The van der Waals surface area contributed by atoms with Crippen LogP contribution in [0.4, 0.5) is 0 Å². The summed E-state index contributed by atoms with van der Waals surface area (Å²) in [5.41, 5.74) is 2.75. The topological polar surface area (TPSA) is 126 Å². The maximum atomic E-state index is 12.7. The van der Waals surface area contributed by atoms with Crippen LogP contribution in [0.15, 0.2) is 70.5 Å². The maximum absolute atomic E-state index is 12.7. The normalized spacial score (nSPS) is 12.4. The number of benzene rings is 2. The van der Waals surface area contributed by atoms with Crippen LogP contribution in [-0.4, -0.2) is 44.9 Å². The quantitative estimate of drug-likeness (QED) is 0.560. The summed E-state index contributed by atoms with van der Waals surface area (Å²) in [6, 6.07) is 16.7. The monoisotopic (exact) mass is 434 g/mol. The van der Waals surface area contributed by atoms with E-state index in [0.29, 0.717) is 12.8 Å². The van der Waals surface area contributed by atoms with E-state index in [1.807, 2.05) is 36.4 Å². The average molecular weight is 435 g/mol. The number of aryl methyl sites for hydroxylation is 1. The van der Waals surface area contributed by atoms with Crippen LogP contribution in [-0.2, 0) is 26.5 Å². The second kappa shape index (κ2) is 8.46. The Morgan fingerprint density at radius 3 is 2.34 bits per heavy atom. The lowest BCUT2D eigenvalue weighted by Gasteiger charge is -2.17. The highest BCUT2D eigenvalue weighted by atomic mass is 32.2. The second-order valence-electron chi connectivity index (χ2n) is 6.59. The summed E-state index contributed by atoms with van der Waals surface area (Å²) in [6.07, 6.45) is 1.19. The van der Waals surface area contributed by atoms with Crippen LogP contribution >= 0.6 is 0 Å². The number of nitrogens with two attached hydrogens (primary N) is 1. The number of hydrogen-bond acceptors (Lipinski definition) is 5. The maximum Gasteiger partial charge on any atom is 0.242 e. The van der Waals surface area contributed by atoms with E-state index in [-0.39, 0.29) is 16.3 Å². The highest BCUT2D eigenvalue weighted by molar-refractivity contribution is 7.90. The van der Waals surface area contributed by atoms with Crippen LogP contribution in [0.3, 0.4) is 0 Å². The van der Waals surface area contributed by atoms with Crippen molar-refractivity contribution < 1.29 is 16.8 Å². The first-order valence-corrected chi connectivity index (χ1v) is 11.9. The first-order valence-electron chi connectivity index (χ1n) is 8.87. The van der Waals surface area contributed by atoms with Gasteiger partial charge in [0.25, 0.3) is 0 Å². The Morgan fingerprint density at radius 2 is 1.66 bits per heavy atom. The molecule has 3 aromatic rings. The van der Waals surface area contributed by atoms with Gasteiger partial charge in [-0.2, -0.15) is 5.10 Å². The zero-order chi connectivity index (χ0) is 21.1. The van der Waals surface area contributed by atoms with Crippen molar-refractivity contribution in [2.45, 2.75) is 22.6 Å². The molecule has 3 N–H and O–H groups in total. The third kappa shape index (κ3) is 5.10. The summed E-state index contributed by atoms with van der Waals surface area (Å²) < 4.78 is 49.6. The van der Waals surface area contributed by atoms with E-state index in [1.165, 1.54) is 29.6 Å². The molecule has 0 aliphatic carbocycles. The lowest BCUT2D eigenvalue weighted by molar-refractivity contribution is 0.460. The van der Waals surface area contributed by atoms with E-state index in [0.717, 1.165) is 23.0 Å². The Balaban J connectivity index is 1.63. The van der Waals surface area contributed by atoms with Crippen LogP contribution < -0.4 is 5.14 Å². The first kappa shape index (κ1) is 21.2. The van der Waals surface area contributed by atoms with E-state index >= 15 is 0 Å². The number of sulfonamides is 2. The lowest BCUT2D eigenvalue weighted by atomic mass is 10.1. The predicted octanol–water partition coefficient (Wildman–Crippen LogP) is 1.98. The summed E-state index contributed by atoms with van der Waals surface area (Å²) in [4.78, 5) is -0.350. The van der Waals surface area contributed by atoms with Gasteiger partial charge in [0.1, 0.15) is 0 Å². The molecule has 0 spiro atoms. The number of aromatic nitrogens is 2. The highest BCUT2D eigenvalue weighted by Gasteiger charge is 2.22. The number of rotatable bonds is 8. The SMILES string of the molecule is CN(CCCc1cc(-c2ccccc2)n[nH]1)S(=O)(=O)c1cccc(S(N)(=O)=O)c1. The molecule has 0 bridgehead atoms. The minimum atomic E-state index is -3.98. The molecular weight excluding hydrogens is 412 g/mol. The molecule has 0 atom stereocenters. The molecule has 1 aromatic heterocycles. The van der Waals surface area contributed by atoms with Crippen molar-refractivity contribution >= 4 is 20.0 Å². The Morgan fingerprint density at radius 1 is 0.966 bits per heavy atom. The Kier molecular flexibility index (Phi) is 6.18.